The molecule has 1 aliphatic carbocycles. The highest BCUT2D eigenvalue weighted by Crippen LogP contribution is 2.36. The number of aliphatic imine (C=N–C) groups is 1. The van der Waals surface area contributed by atoms with Crippen LogP contribution in [0.4, 0.5) is 4.79 Å². The summed E-state index contributed by atoms with van der Waals surface area (Å²) in [6, 6.07) is -0.0103. The predicted octanol–water partition coefficient (Wildman–Crippen LogP) is 1.66. The van der Waals surface area contributed by atoms with E-state index in [1.807, 2.05) is 4.90 Å². The number of amides is 3. The third-order valence-corrected chi connectivity index (χ3v) is 4.89. The van der Waals surface area contributed by atoms with Crippen molar-refractivity contribution < 1.29 is 9.59 Å². The monoisotopic (exact) mass is 306 g/mol. The van der Waals surface area contributed by atoms with Crippen molar-refractivity contribution in [3.05, 3.63) is 0 Å². The van der Waals surface area contributed by atoms with E-state index in [0.717, 1.165) is 37.6 Å². The average Bonchev–Trinajstić information content (AvgIpc) is 3.26. The van der Waals surface area contributed by atoms with Gasteiger partial charge in [0.1, 0.15) is 11.4 Å². The minimum atomic E-state index is -0.607. The SMILES string of the molecule is CCCCNC(=O)N1CCC2(CC1)N=C(CC1CC1)NC2=O. The number of unbranched alkanes of at least 4 members (excludes halogenated alkanes) is 1. The van der Waals surface area contributed by atoms with E-state index in [1.54, 1.807) is 0 Å². The Morgan fingerprint density at radius 3 is 2.77 bits per heavy atom. The largest absolute Gasteiger partial charge is 0.338 e. The first kappa shape index (κ1) is 15.3. The van der Waals surface area contributed by atoms with Crippen LogP contribution in [0.15, 0.2) is 4.99 Å². The van der Waals surface area contributed by atoms with Crippen LogP contribution >= 0.6 is 0 Å². The molecule has 0 aromatic rings. The van der Waals surface area contributed by atoms with Gasteiger partial charge in [0, 0.05) is 26.1 Å². The molecule has 2 heterocycles. The number of rotatable bonds is 5. The molecule has 6 heteroatoms. The van der Waals surface area contributed by atoms with Crippen molar-refractivity contribution in [1.29, 1.82) is 0 Å². The Kier molecular flexibility index (Phi) is 4.36. The van der Waals surface area contributed by atoms with Crippen molar-refractivity contribution in [3.63, 3.8) is 0 Å². The molecule has 0 unspecified atom stereocenters. The molecule has 1 spiro atoms. The van der Waals surface area contributed by atoms with Crippen LogP contribution in [0, 0.1) is 5.92 Å². The number of nitrogens with zero attached hydrogens (tertiary/aromatic N) is 2. The standard InChI is InChI=1S/C16H26N4O2/c1-2-3-8-17-15(22)20-9-6-16(7-10-20)14(21)18-13(19-16)11-12-4-5-12/h12H,2-11H2,1H3,(H,17,22)(H,18,19,21). The summed E-state index contributed by atoms with van der Waals surface area (Å²) >= 11 is 0. The van der Waals surface area contributed by atoms with E-state index in [2.05, 4.69) is 17.6 Å². The second kappa shape index (κ2) is 6.26. The maximum absolute atomic E-state index is 12.3. The zero-order chi connectivity index (χ0) is 15.6. The van der Waals surface area contributed by atoms with E-state index in [-0.39, 0.29) is 11.9 Å². The number of hydrogen-bond donors (Lipinski definition) is 2. The quantitative estimate of drug-likeness (QED) is 0.758. The molecular formula is C16H26N4O2. The van der Waals surface area contributed by atoms with E-state index in [9.17, 15) is 9.59 Å². The van der Waals surface area contributed by atoms with Gasteiger partial charge in [0.2, 0.25) is 0 Å². The van der Waals surface area contributed by atoms with Crippen molar-refractivity contribution in [1.82, 2.24) is 15.5 Å². The molecule has 122 valence electrons. The lowest BCUT2D eigenvalue weighted by Crippen LogP contribution is -2.52. The minimum Gasteiger partial charge on any atom is -0.338 e. The number of carbonyl (C=O) groups is 2. The molecule has 2 fully saturated rings. The Morgan fingerprint density at radius 1 is 1.41 bits per heavy atom. The molecule has 2 aliphatic heterocycles. The minimum absolute atomic E-state index is 0.0103. The molecule has 0 atom stereocenters. The van der Waals surface area contributed by atoms with E-state index < -0.39 is 5.54 Å². The Bertz CT molecular complexity index is 477. The summed E-state index contributed by atoms with van der Waals surface area (Å²) in [4.78, 5) is 30.9. The van der Waals surface area contributed by atoms with Crippen LogP contribution in [0.2, 0.25) is 0 Å². The molecule has 2 N–H and O–H groups in total. The van der Waals surface area contributed by atoms with E-state index in [1.165, 1.54) is 12.8 Å². The van der Waals surface area contributed by atoms with Crippen LogP contribution in [-0.2, 0) is 4.79 Å². The zero-order valence-electron chi connectivity index (χ0n) is 13.4. The summed E-state index contributed by atoms with van der Waals surface area (Å²) in [5.74, 6) is 1.63. The molecule has 0 bridgehead atoms. The van der Waals surface area contributed by atoms with Gasteiger partial charge in [-0.2, -0.15) is 0 Å². The summed E-state index contributed by atoms with van der Waals surface area (Å²) < 4.78 is 0. The van der Waals surface area contributed by atoms with Crippen molar-refractivity contribution in [2.24, 2.45) is 10.9 Å². The molecule has 1 saturated heterocycles. The molecule has 6 nitrogen and oxygen atoms in total. The van der Waals surface area contributed by atoms with Crippen LogP contribution in [0.5, 0.6) is 0 Å². The van der Waals surface area contributed by atoms with E-state index in [0.29, 0.717) is 25.9 Å². The van der Waals surface area contributed by atoms with E-state index in [4.69, 9.17) is 4.99 Å². The fourth-order valence-corrected chi connectivity index (χ4v) is 3.18. The Balaban J connectivity index is 1.52. The van der Waals surface area contributed by atoms with Crippen molar-refractivity contribution >= 4 is 17.8 Å². The number of carbonyl (C=O) groups excluding carboxylic acids is 2. The van der Waals surface area contributed by atoms with Gasteiger partial charge in [0.15, 0.2) is 0 Å². The lowest BCUT2D eigenvalue weighted by atomic mass is 9.88. The van der Waals surface area contributed by atoms with Gasteiger partial charge in [-0.3, -0.25) is 9.79 Å². The first-order valence-corrected chi connectivity index (χ1v) is 8.56. The highest BCUT2D eigenvalue weighted by Gasteiger charge is 2.46. The Hall–Kier alpha value is -1.59. The average molecular weight is 306 g/mol. The van der Waals surface area contributed by atoms with Gasteiger partial charge < -0.3 is 15.5 Å². The fourth-order valence-electron chi connectivity index (χ4n) is 3.18. The molecular weight excluding hydrogens is 280 g/mol. The van der Waals surface area contributed by atoms with Gasteiger partial charge >= 0.3 is 6.03 Å². The highest BCUT2D eigenvalue weighted by atomic mass is 16.2. The third kappa shape index (κ3) is 3.25. The molecule has 1 saturated carbocycles. The van der Waals surface area contributed by atoms with Crippen molar-refractivity contribution in [2.45, 2.75) is 57.4 Å². The number of urea groups is 1. The fraction of sp³-hybridized carbons (Fsp3) is 0.812. The molecule has 0 aromatic carbocycles. The summed E-state index contributed by atoms with van der Waals surface area (Å²) in [6.07, 6.45) is 6.76. The zero-order valence-corrected chi connectivity index (χ0v) is 13.4. The molecule has 0 aromatic heterocycles. The smallest absolute Gasteiger partial charge is 0.317 e. The lowest BCUT2D eigenvalue weighted by Gasteiger charge is -2.35. The molecule has 3 aliphatic rings. The van der Waals surface area contributed by atoms with Gasteiger partial charge in [0.05, 0.1) is 0 Å². The maximum atomic E-state index is 12.3. The Morgan fingerprint density at radius 2 is 2.14 bits per heavy atom. The summed E-state index contributed by atoms with van der Waals surface area (Å²) in [7, 11) is 0. The number of nitrogens with one attached hydrogen (secondary N) is 2. The number of hydrogen-bond acceptors (Lipinski definition) is 3. The Labute approximate surface area is 131 Å². The van der Waals surface area contributed by atoms with Crippen LogP contribution in [0.25, 0.3) is 0 Å². The predicted molar refractivity (Wildman–Crippen MR) is 84.8 cm³/mol. The highest BCUT2D eigenvalue weighted by molar-refractivity contribution is 6.08. The van der Waals surface area contributed by atoms with Crippen molar-refractivity contribution in [2.75, 3.05) is 19.6 Å². The lowest BCUT2D eigenvalue weighted by molar-refractivity contribution is -0.125. The van der Waals surface area contributed by atoms with Gasteiger partial charge in [-0.15, -0.1) is 0 Å². The van der Waals surface area contributed by atoms with Gasteiger partial charge in [-0.25, -0.2) is 4.79 Å². The van der Waals surface area contributed by atoms with Crippen LogP contribution in [-0.4, -0.2) is 47.8 Å². The van der Waals surface area contributed by atoms with Crippen LogP contribution < -0.4 is 10.6 Å². The van der Waals surface area contributed by atoms with Crippen molar-refractivity contribution in [3.8, 4) is 0 Å². The van der Waals surface area contributed by atoms with Gasteiger partial charge in [-0.05, 0) is 38.0 Å². The van der Waals surface area contributed by atoms with E-state index >= 15 is 0 Å². The maximum Gasteiger partial charge on any atom is 0.317 e. The summed E-state index contributed by atoms with van der Waals surface area (Å²) in [6.45, 7) is 4.03. The first-order valence-electron chi connectivity index (χ1n) is 8.56. The number of amidine groups is 1. The van der Waals surface area contributed by atoms with Crippen LogP contribution in [0.3, 0.4) is 0 Å². The number of piperidine rings is 1. The topological polar surface area (TPSA) is 73.8 Å². The second-order valence-corrected chi connectivity index (χ2v) is 6.76. The molecule has 0 radical (unpaired) electrons. The molecule has 3 rings (SSSR count). The second-order valence-electron chi connectivity index (χ2n) is 6.76. The summed E-state index contributed by atoms with van der Waals surface area (Å²) in [5, 5.41) is 5.90. The molecule has 3 amide bonds. The number of likely N-dealkylation sites (tertiary alicyclic amines) is 1. The van der Waals surface area contributed by atoms with Crippen LogP contribution in [0.1, 0.15) is 51.9 Å². The molecule has 22 heavy (non-hydrogen) atoms. The van der Waals surface area contributed by atoms with Gasteiger partial charge in [-0.1, -0.05) is 13.3 Å². The first-order chi connectivity index (χ1) is 10.6. The third-order valence-electron chi connectivity index (χ3n) is 4.89. The summed E-state index contributed by atoms with van der Waals surface area (Å²) in [5.41, 5.74) is -0.607. The van der Waals surface area contributed by atoms with Gasteiger partial charge in [0.25, 0.3) is 5.91 Å². The normalized spacial score (nSPS) is 23.4.